The van der Waals surface area contributed by atoms with Gasteiger partial charge in [0.25, 0.3) is 0 Å². The second-order valence-corrected chi connectivity index (χ2v) is 9.59. The molecule has 0 radical (unpaired) electrons. The average molecular weight is 479 g/mol. The van der Waals surface area contributed by atoms with Gasteiger partial charge in [-0.15, -0.1) is 0 Å². The summed E-state index contributed by atoms with van der Waals surface area (Å²) in [6, 6.07) is 34.2. The van der Waals surface area contributed by atoms with E-state index in [2.05, 4.69) is 125 Å². The van der Waals surface area contributed by atoms with Crippen LogP contribution < -0.4 is 0 Å². The van der Waals surface area contributed by atoms with Crippen molar-refractivity contribution in [1.29, 1.82) is 0 Å². The lowest BCUT2D eigenvalue weighted by atomic mass is 10.0. The van der Waals surface area contributed by atoms with Crippen LogP contribution in [-0.2, 0) is 0 Å². The van der Waals surface area contributed by atoms with Crippen molar-refractivity contribution in [1.82, 2.24) is 19.1 Å². The fraction of sp³-hybridized carbons (Fsp3) is 0.0909. The van der Waals surface area contributed by atoms with Gasteiger partial charge in [0.1, 0.15) is 11.6 Å². The Bertz CT molecular complexity index is 1820. The maximum absolute atomic E-state index is 5.14. The molecule has 4 nitrogen and oxygen atoms in total. The van der Waals surface area contributed by atoms with Crippen molar-refractivity contribution in [3.05, 3.63) is 127 Å². The molecule has 0 N–H and O–H groups in total. The molecular weight excluding hydrogens is 452 g/mol. The van der Waals surface area contributed by atoms with Gasteiger partial charge in [-0.05, 0) is 73.5 Å². The van der Waals surface area contributed by atoms with Crippen LogP contribution >= 0.6 is 0 Å². The molecule has 2 aromatic heterocycles. The predicted octanol–water partition coefficient (Wildman–Crippen LogP) is 8.07. The summed E-state index contributed by atoms with van der Waals surface area (Å²) in [6.07, 6.45) is 9.70. The molecule has 1 aliphatic carbocycles. The number of rotatable bonds is 4. The summed E-state index contributed by atoms with van der Waals surface area (Å²) in [5.74, 6) is 1.92. The van der Waals surface area contributed by atoms with E-state index in [9.17, 15) is 0 Å². The molecule has 0 amide bonds. The SMILES string of the molecule is Cc1cc(-c2nc3ccccc3n2-c2ccccc2)cc(-c2nc3ccccc3n2C2C=CC=CC2)c1. The monoisotopic (exact) mass is 478 g/mol. The molecule has 0 fully saturated rings. The third-order valence-electron chi connectivity index (χ3n) is 7.05. The average Bonchev–Trinajstić information content (AvgIpc) is 3.53. The van der Waals surface area contributed by atoms with Gasteiger partial charge in [0.15, 0.2) is 0 Å². The lowest BCUT2D eigenvalue weighted by Gasteiger charge is -2.20. The fourth-order valence-corrected chi connectivity index (χ4v) is 5.44. The van der Waals surface area contributed by atoms with Crippen molar-refractivity contribution < 1.29 is 0 Å². The standard InChI is InChI=1S/C33H26N4/c1-23-20-24(32-34-28-16-8-10-18-30(28)36(32)26-12-4-2-5-13-26)22-25(21-23)33-35-29-17-9-11-19-31(29)37(33)27-14-6-3-7-15-27/h2-14,16-22,27H,15H2,1H3. The Kier molecular flexibility index (Phi) is 5.10. The Labute approximate surface area is 215 Å². The van der Waals surface area contributed by atoms with Crippen LogP contribution in [0.1, 0.15) is 18.0 Å². The highest BCUT2D eigenvalue weighted by Crippen LogP contribution is 2.35. The number of allylic oxidation sites excluding steroid dienone is 4. The molecule has 0 aliphatic heterocycles. The zero-order valence-electron chi connectivity index (χ0n) is 20.6. The summed E-state index contributed by atoms with van der Waals surface area (Å²) in [4.78, 5) is 10.2. The predicted molar refractivity (Wildman–Crippen MR) is 152 cm³/mol. The maximum Gasteiger partial charge on any atom is 0.145 e. The molecule has 178 valence electrons. The first-order chi connectivity index (χ1) is 18.3. The number of hydrogen-bond donors (Lipinski definition) is 0. The lowest BCUT2D eigenvalue weighted by Crippen LogP contribution is -2.09. The summed E-state index contributed by atoms with van der Waals surface area (Å²) in [5, 5.41) is 0. The van der Waals surface area contributed by atoms with Gasteiger partial charge in [-0.2, -0.15) is 0 Å². The third-order valence-corrected chi connectivity index (χ3v) is 7.05. The van der Waals surface area contributed by atoms with Crippen LogP contribution in [0.2, 0.25) is 0 Å². The van der Waals surface area contributed by atoms with Gasteiger partial charge in [0.2, 0.25) is 0 Å². The molecule has 0 spiro atoms. The number of nitrogens with zero attached hydrogens (tertiary/aromatic N) is 4. The minimum atomic E-state index is 0.227. The van der Waals surface area contributed by atoms with Gasteiger partial charge in [-0.1, -0.05) is 66.8 Å². The Morgan fingerprint density at radius 2 is 1.32 bits per heavy atom. The second kappa shape index (κ2) is 8.75. The van der Waals surface area contributed by atoms with Gasteiger partial charge in [-0.25, -0.2) is 9.97 Å². The van der Waals surface area contributed by atoms with E-state index in [1.165, 1.54) is 5.56 Å². The molecule has 1 unspecified atom stereocenters. The maximum atomic E-state index is 5.14. The molecular formula is C33H26N4. The van der Waals surface area contributed by atoms with Crippen LogP contribution in [0.15, 0.2) is 121 Å². The number of benzene rings is 4. The van der Waals surface area contributed by atoms with Crippen molar-refractivity contribution in [3.63, 3.8) is 0 Å². The number of fused-ring (bicyclic) bond motifs is 2. The van der Waals surface area contributed by atoms with Crippen molar-refractivity contribution in [2.75, 3.05) is 0 Å². The second-order valence-electron chi connectivity index (χ2n) is 9.59. The van der Waals surface area contributed by atoms with Gasteiger partial charge < -0.3 is 4.57 Å². The normalized spacial score (nSPS) is 15.1. The summed E-state index contributed by atoms with van der Waals surface area (Å²) >= 11 is 0. The van der Waals surface area contributed by atoms with Crippen LogP contribution in [0.25, 0.3) is 50.5 Å². The van der Waals surface area contributed by atoms with E-state index in [-0.39, 0.29) is 6.04 Å². The molecule has 1 aliphatic rings. The summed E-state index contributed by atoms with van der Waals surface area (Å²) in [7, 11) is 0. The molecule has 0 saturated heterocycles. The first-order valence-corrected chi connectivity index (χ1v) is 12.7. The summed E-state index contributed by atoms with van der Waals surface area (Å²) in [5.41, 5.74) is 8.70. The van der Waals surface area contributed by atoms with E-state index in [1.807, 2.05) is 12.1 Å². The van der Waals surface area contributed by atoms with E-state index in [4.69, 9.17) is 9.97 Å². The van der Waals surface area contributed by atoms with Crippen LogP contribution in [0, 0.1) is 6.92 Å². The van der Waals surface area contributed by atoms with E-state index < -0.39 is 0 Å². The number of aryl methyl sites for hydroxylation is 1. The van der Waals surface area contributed by atoms with Gasteiger partial charge >= 0.3 is 0 Å². The fourth-order valence-electron chi connectivity index (χ4n) is 5.44. The number of imidazole rings is 2. The molecule has 0 saturated carbocycles. The highest BCUT2D eigenvalue weighted by molar-refractivity contribution is 5.85. The van der Waals surface area contributed by atoms with E-state index in [0.29, 0.717) is 0 Å². The minimum Gasteiger partial charge on any atom is -0.317 e. The smallest absolute Gasteiger partial charge is 0.145 e. The number of para-hydroxylation sites is 5. The van der Waals surface area contributed by atoms with E-state index in [0.717, 1.165) is 57.0 Å². The Hall–Kier alpha value is -4.70. The van der Waals surface area contributed by atoms with Gasteiger partial charge in [-0.3, -0.25) is 4.57 Å². The molecule has 4 heteroatoms. The van der Waals surface area contributed by atoms with Crippen molar-refractivity contribution in [2.24, 2.45) is 0 Å². The van der Waals surface area contributed by atoms with E-state index in [1.54, 1.807) is 0 Å². The molecule has 4 aromatic carbocycles. The van der Waals surface area contributed by atoms with E-state index >= 15 is 0 Å². The topological polar surface area (TPSA) is 35.6 Å². The molecule has 37 heavy (non-hydrogen) atoms. The highest BCUT2D eigenvalue weighted by Gasteiger charge is 2.21. The first kappa shape index (κ1) is 21.6. The minimum absolute atomic E-state index is 0.227. The van der Waals surface area contributed by atoms with Gasteiger partial charge in [0, 0.05) is 16.8 Å². The quantitative estimate of drug-likeness (QED) is 0.257. The van der Waals surface area contributed by atoms with Crippen LogP contribution in [0.5, 0.6) is 0 Å². The first-order valence-electron chi connectivity index (χ1n) is 12.7. The Balaban J connectivity index is 1.46. The summed E-state index contributed by atoms with van der Waals surface area (Å²) in [6.45, 7) is 2.15. The zero-order chi connectivity index (χ0) is 24.8. The van der Waals surface area contributed by atoms with Crippen molar-refractivity contribution in [2.45, 2.75) is 19.4 Å². The van der Waals surface area contributed by atoms with Crippen LogP contribution in [-0.4, -0.2) is 19.1 Å². The largest absolute Gasteiger partial charge is 0.317 e. The van der Waals surface area contributed by atoms with Crippen molar-refractivity contribution in [3.8, 4) is 28.5 Å². The molecule has 1 atom stereocenters. The lowest BCUT2D eigenvalue weighted by molar-refractivity contribution is 0.630. The molecule has 2 heterocycles. The Morgan fingerprint density at radius 1 is 0.676 bits per heavy atom. The third kappa shape index (κ3) is 3.69. The van der Waals surface area contributed by atoms with Crippen LogP contribution in [0.4, 0.5) is 0 Å². The summed E-state index contributed by atoms with van der Waals surface area (Å²) < 4.78 is 4.64. The van der Waals surface area contributed by atoms with Crippen molar-refractivity contribution >= 4 is 22.1 Å². The van der Waals surface area contributed by atoms with Gasteiger partial charge in [0.05, 0.1) is 28.1 Å². The molecule has 7 rings (SSSR count). The number of hydrogen-bond acceptors (Lipinski definition) is 2. The molecule has 0 bridgehead atoms. The zero-order valence-corrected chi connectivity index (χ0v) is 20.6. The number of aromatic nitrogens is 4. The highest BCUT2D eigenvalue weighted by atomic mass is 15.1. The molecule has 6 aromatic rings. The van der Waals surface area contributed by atoms with Crippen LogP contribution in [0.3, 0.4) is 0 Å². The Morgan fingerprint density at radius 3 is 2.08 bits per heavy atom.